The van der Waals surface area contributed by atoms with Crippen molar-refractivity contribution in [2.24, 2.45) is 0 Å². The van der Waals surface area contributed by atoms with E-state index in [1.165, 1.54) is 36.4 Å². The molecule has 1 amide bonds. The zero-order valence-electron chi connectivity index (χ0n) is 19.4. The average Bonchev–Trinajstić information content (AvgIpc) is 3.22. The predicted octanol–water partition coefficient (Wildman–Crippen LogP) is 6.09. The monoisotopic (exact) mass is 477 g/mol. The summed E-state index contributed by atoms with van der Waals surface area (Å²) in [5.41, 5.74) is 2.65. The van der Waals surface area contributed by atoms with Gasteiger partial charge in [0, 0.05) is 17.7 Å². The molecule has 1 aromatic heterocycles. The number of hydrogen-bond acceptors (Lipinski definition) is 4. The van der Waals surface area contributed by atoms with E-state index >= 15 is 0 Å². The summed E-state index contributed by atoms with van der Waals surface area (Å²) in [4.78, 5) is 12.6. The second kappa shape index (κ2) is 10.8. The van der Waals surface area contributed by atoms with Crippen LogP contribution in [0.3, 0.4) is 0 Å². The maximum atomic E-state index is 14.5. The maximum Gasteiger partial charge on any atom is 0.226 e. The molecule has 180 valence electrons. The van der Waals surface area contributed by atoms with Gasteiger partial charge in [-0.1, -0.05) is 19.1 Å². The smallest absolute Gasteiger partial charge is 0.226 e. The van der Waals surface area contributed by atoms with Gasteiger partial charge in [-0.15, -0.1) is 0 Å². The molecule has 0 radical (unpaired) electrons. The predicted molar refractivity (Wildman–Crippen MR) is 129 cm³/mol. The molecule has 0 aliphatic carbocycles. The molecule has 1 N–H and O–H groups in total. The molecular formula is C27H25F2N3O3. The number of para-hydroxylation sites is 1. The van der Waals surface area contributed by atoms with Crippen LogP contribution < -0.4 is 14.8 Å². The van der Waals surface area contributed by atoms with Crippen LogP contribution >= 0.6 is 0 Å². The fourth-order valence-electron chi connectivity index (χ4n) is 3.64. The van der Waals surface area contributed by atoms with Crippen molar-refractivity contribution >= 4 is 11.6 Å². The van der Waals surface area contributed by atoms with Crippen LogP contribution in [0, 0.1) is 11.6 Å². The largest absolute Gasteiger partial charge is 0.497 e. The summed E-state index contributed by atoms with van der Waals surface area (Å²) in [7, 11) is 1.58. The lowest BCUT2D eigenvalue weighted by molar-refractivity contribution is -0.116. The van der Waals surface area contributed by atoms with Crippen LogP contribution in [-0.2, 0) is 17.6 Å². The molecule has 0 aliphatic rings. The third-order valence-electron chi connectivity index (χ3n) is 5.44. The van der Waals surface area contributed by atoms with Crippen LogP contribution in [0.5, 0.6) is 17.4 Å². The van der Waals surface area contributed by atoms with E-state index in [2.05, 4.69) is 5.32 Å². The lowest BCUT2D eigenvalue weighted by Gasteiger charge is -2.12. The first-order chi connectivity index (χ1) is 17.0. The Kier molecular flexibility index (Phi) is 7.40. The van der Waals surface area contributed by atoms with E-state index in [4.69, 9.17) is 14.6 Å². The molecule has 0 atom stereocenters. The second-order valence-corrected chi connectivity index (χ2v) is 7.78. The molecule has 0 spiro atoms. The summed E-state index contributed by atoms with van der Waals surface area (Å²) in [6.07, 6.45) is 1.04. The minimum Gasteiger partial charge on any atom is -0.497 e. The summed E-state index contributed by atoms with van der Waals surface area (Å²) in [6.45, 7) is 1.95. The number of anilines is 1. The van der Waals surface area contributed by atoms with Crippen LogP contribution in [0.15, 0.2) is 72.8 Å². The van der Waals surface area contributed by atoms with Gasteiger partial charge in [0.2, 0.25) is 11.8 Å². The van der Waals surface area contributed by atoms with E-state index < -0.39 is 5.82 Å². The summed E-state index contributed by atoms with van der Waals surface area (Å²) < 4.78 is 40.5. The molecule has 3 aromatic carbocycles. The highest BCUT2D eigenvalue weighted by Gasteiger charge is 2.22. The van der Waals surface area contributed by atoms with E-state index in [0.717, 1.165) is 5.69 Å². The van der Waals surface area contributed by atoms with E-state index in [9.17, 15) is 13.6 Å². The number of aryl methyl sites for hydroxylation is 1. The number of nitrogens with one attached hydrogen (secondary N) is 1. The molecule has 0 saturated heterocycles. The Labute approximate surface area is 202 Å². The Morgan fingerprint density at radius 3 is 2.37 bits per heavy atom. The zero-order chi connectivity index (χ0) is 24.8. The zero-order valence-corrected chi connectivity index (χ0v) is 19.4. The topological polar surface area (TPSA) is 65.4 Å². The summed E-state index contributed by atoms with van der Waals surface area (Å²) >= 11 is 0. The van der Waals surface area contributed by atoms with Gasteiger partial charge in [-0.05, 0) is 73.5 Å². The number of carbonyl (C=O) groups is 1. The quantitative estimate of drug-likeness (QED) is 0.317. The highest BCUT2D eigenvalue weighted by molar-refractivity contribution is 5.90. The van der Waals surface area contributed by atoms with Gasteiger partial charge in [-0.2, -0.15) is 5.10 Å². The molecule has 4 rings (SSSR count). The second-order valence-electron chi connectivity index (χ2n) is 7.78. The van der Waals surface area contributed by atoms with E-state index in [0.29, 0.717) is 41.4 Å². The molecule has 0 bridgehead atoms. The normalized spacial score (nSPS) is 10.7. The van der Waals surface area contributed by atoms with Crippen molar-refractivity contribution in [2.45, 2.75) is 26.2 Å². The van der Waals surface area contributed by atoms with Crippen LogP contribution in [0.1, 0.15) is 24.6 Å². The van der Waals surface area contributed by atoms with E-state index in [1.54, 1.807) is 36.1 Å². The van der Waals surface area contributed by atoms with Crippen molar-refractivity contribution in [1.82, 2.24) is 9.78 Å². The Morgan fingerprint density at radius 1 is 1.00 bits per heavy atom. The minimum absolute atomic E-state index is 0.0572. The number of ether oxygens (including phenoxy) is 2. The Bertz CT molecular complexity index is 1300. The first-order valence-electron chi connectivity index (χ1n) is 11.2. The Balaban J connectivity index is 1.66. The number of amides is 1. The lowest BCUT2D eigenvalue weighted by Crippen LogP contribution is -2.13. The first-order valence-corrected chi connectivity index (χ1v) is 11.2. The molecule has 0 unspecified atom stereocenters. The highest BCUT2D eigenvalue weighted by atomic mass is 19.1. The van der Waals surface area contributed by atoms with Gasteiger partial charge in [0.15, 0.2) is 11.6 Å². The van der Waals surface area contributed by atoms with Crippen molar-refractivity contribution in [3.63, 3.8) is 0 Å². The van der Waals surface area contributed by atoms with Crippen LogP contribution in [-0.4, -0.2) is 22.8 Å². The van der Waals surface area contributed by atoms with Gasteiger partial charge in [0.25, 0.3) is 0 Å². The third-order valence-corrected chi connectivity index (χ3v) is 5.44. The Morgan fingerprint density at radius 2 is 1.71 bits per heavy atom. The van der Waals surface area contributed by atoms with Crippen molar-refractivity contribution in [2.75, 3.05) is 12.4 Å². The summed E-state index contributed by atoms with van der Waals surface area (Å²) in [5, 5.41) is 7.47. The number of nitrogens with zero attached hydrogens (tertiary/aromatic N) is 2. The molecule has 1 heterocycles. The molecule has 35 heavy (non-hydrogen) atoms. The Hall–Kier alpha value is -4.20. The summed E-state index contributed by atoms with van der Waals surface area (Å²) in [5.74, 6) is -0.0448. The third kappa shape index (κ3) is 5.66. The number of halogens is 2. The number of carbonyl (C=O) groups excluding carboxylic acids is 1. The molecule has 6 nitrogen and oxygen atoms in total. The molecule has 0 fully saturated rings. The number of rotatable bonds is 9. The maximum absolute atomic E-state index is 14.5. The van der Waals surface area contributed by atoms with Gasteiger partial charge in [0.1, 0.15) is 11.6 Å². The van der Waals surface area contributed by atoms with Crippen LogP contribution in [0.2, 0.25) is 0 Å². The fraction of sp³-hybridized carbons (Fsp3) is 0.185. The molecule has 0 aliphatic heterocycles. The summed E-state index contributed by atoms with van der Waals surface area (Å²) in [6, 6.07) is 18.9. The lowest BCUT2D eigenvalue weighted by atomic mass is 10.1. The van der Waals surface area contributed by atoms with Gasteiger partial charge >= 0.3 is 0 Å². The molecule has 0 saturated carbocycles. The van der Waals surface area contributed by atoms with Gasteiger partial charge < -0.3 is 14.8 Å². The number of benzene rings is 3. The molecule has 4 aromatic rings. The van der Waals surface area contributed by atoms with Crippen molar-refractivity contribution < 1.29 is 23.0 Å². The first kappa shape index (κ1) is 23.9. The highest BCUT2D eigenvalue weighted by Crippen LogP contribution is 2.33. The fourth-order valence-corrected chi connectivity index (χ4v) is 3.64. The number of hydrogen-bond donors (Lipinski definition) is 1. The SMILES string of the molecule is CCc1nn(-c2ccc(OC)cc2)c(Oc2ccccc2F)c1CCC(=O)Nc1ccc(F)cc1. The number of methoxy groups -OCH3 is 1. The van der Waals surface area contributed by atoms with E-state index in [1.807, 2.05) is 19.1 Å². The van der Waals surface area contributed by atoms with Crippen molar-refractivity contribution in [1.29, 1.82) is 0 Å². The molecule has 8 heteroatoms. The van der Waals surface area contributed by atoms with E-state index in [-0.39, 0.29) is 23.9 Å². The van der Waals surface area contributed by atoms with Gasteiger partial charge in [0.05, 0.1) is 18.5 Å². The average molecular weight is 478 g/mol. The van der Waals surface area contributed by atoms with Gasteiger partial charge in [-0.25, -0.2) is 13.5 Å². The van der Waals surface area contributed by atoms with Crippen molar-refractivity contribution in [3.8, 4) is 23.1 Å². The standard InChI is InChI=1S/C27H25F2N3O3/c1-3-24-22(16-17-26(33)30-19-10-8-18(28)9-11-19)27(35-25-7-5-4-6-23(25)29)32(31-24)20-12-14-21(34-2)15-13-20/h4-15H,3,16-17H2,1-2H3,(H,30,33). The van der Waals surface area contributed by atoms with Crippen LogP contribution in [0.4, 0.5) is 14.5 Å². The molecular weight excluding hydrogens is 452 g/mol. The number of aromatic nitrogens is 2. The van der Waals surface area contributed by atoms with Crippen molar-refractivity contribution in [3.05, 3.63) is 95.7 Å². The van der Waals surface area contributed by atoms with Crippen LogP contribution in [0.25, 0.3) is 5.69 Å². The minimum atomic E-state index is -0.506. The van der Waals surface area contributed by atoms with Gasteiger partial charge in [-0.3, -0.25) is 4.79 Å².